The van der Waals surface area contributed by atoms with Crippen LogP contribution >= 0.6 is 0 Å². The molecular formula is C15H19N3O. The lowest BCUT2D eigenvalue weighted by Gasteiger charge is -2.25. The van der Waals surface area contributed by atoms with Crippen molar-refractivity contribution in [1.82, 2.24) is 10.2 Å². The van der Waals surface area contributed by atoms with Gasteiger partial charge in [-0.3, -0.25) is 0 Å². The Hall–Kier alpha value is -2.02. The molecule has 2 rings (SSSR count). The van der Waals surface area contributed by atoms with Gasteiger partial charge in [-0.2, -0.15) is 5.26 Å². The van der Waals surface area contributed by atoms with Crippen LogP contribution in [0.2, 0.25) is 0 Å². The normalized spacial score (nSPS) is 15.4. The Morgan fingerprint density at radius 2 is 2.11 bits per heavy atom. The summed E-state index contributed by atoms with van der Waals surface area (Å²) in [6.07, 6.45) is 2.46. The van der Waals surface area contributed by atoms with Crippen LogP contribution in [0.15, 0.2) is 24.3 Å². The second-order valence-electron chi connectivity index (χ2n) is 5.16. The molecule has 0 bridgehead atoms. The summed E-state index contributed by atoms with van der Waals surface area (Å²) in [6, 6.07) is 9.60. The maximum atomic E-state index is 12.0. The van der Waals surface area contributed by atoms with Crippen LogP contribution in [0.25, 0.3) is 0 Å². The molecule has 1 aromatic carbocycles. The predicted molar refractivity (Wildman–Crippen MR) is 73.3 cm³/mol. The van der Waals surface area contributed by atoms with Crippen LogP contribution in [0.3, 0.4) is 0 Å². The molecule has 1 aliphatic carbocycles. The first-order valence-electron chi connectivity index (χ1n) is 6.61. The molecule has 0 spiro atoms. The van der Waals surface area contributed by atoms with Crippen LogP contribution in [0.4, 0.5) is 4.79 Å². The molecular weight excluding hydrogens is 238 g/mol. The number of urea groups is 1. The summed E-state index contributed by atoms with van der Waals surface area (Å²) < 4.78 is 0. The van der Waals surface area contributed by atoms with Gasteiger partial charge in [0.05, 0.1) is 11.6 Å². The molecule has 19 heavy (non-hydrogen) atoms. The molecule has 1 N–H and O–H groups in total. The van der Waals surface area contributed by atoms with E-state index in [9.17, 15) is 4.79 Å². The zero-order valence-electron chi connectivity index (χ0n) is 11.4. The Kier molecular flexibility index (Phi) is 4.06. The molecule has 2 amide bonds. The molecule has 1 fully saturated rings. The minimum Gasteiger partial charge on any atom is -0.334 e. The van der Waals surface area contributed by atoms with Crippen molar-refractivity contribution in [2.24, 2.45) is 5.92 Å². The number of benzene rings is 1. The van der Waals surface area contributed by atoms with Gasteiger partial charge in [0.15, 0.2) is 0 Å². The lowest BCUT2D eigenvalue weighted by atomic mass is 10.1. The SMILES string of the molecule is CC(C1CC1)N(C)C(=O)NCc1ccc(C#N)cc1. The lowest BCUT2D eigenvalue weighted by Crippen LogP contribution is -2.42. The highest BCUT2D eigenvalue weighted by molar-refractivity contribution is 5.74. The number of hydrogen-bond donors (Lipinski definition) is 1. The summed E-state index contributed by atoms with van der Waals surface area (Å²) in [6.45, 7) is 2.59. The summed E-state index contributed by atoms with van der Waals surface area (Å²) in [5.41, 5.74) is 1.63. The topological polar surface area (TPSA) is 56.1 Å². The third kappa shape index (κ3) is 3.47. The van der Waals surface area contributed by atoms with Crippen LogP contribution < -0.4 is 5.32 Å². The molecule has 1 atom stereocenters. The number of carbonyl (C=O) groups excluding carboxylic acids is 1. The van der Waals surface area contributed by atoms with Gasteiger partial charge in [-0.15, -0.1) is 0 Å². The van der Waals surface area contributed by atoms with Crippen LogP contribution in [-0.2, 0) is 6.54 Å². The van der Waals surface area contributed by atoms with E-state index >= 15 is 0 Å². The van der Waals surface area contributed by atoms with Crippen LogP contribution in [0, 0.1) is 17.2 Å². The van der Waals surface area contributed by atoms with Crippen LogP contribution in [0.1, 0.15) is 30.9 Å². The van der Waals surface area contributed by atoms with Crippen molar-refractivity contribution in [3.63, 3.8) is 0 Å². The van der Waals surface area contributed by atoms with E-state index < -0.39 is 0 Å². The molecule has 1 unspecified atom stereocenters. The zero-order valence-corrected chi connectivity index (χ0v) is 11.4. The highest BCUT2D eigenvalue weighted by atomic mass is 16.2. The molecule has 1 aromatic rings. The number of carbonyl (C=O) groups is 1. The molecule has 0 saturated heterocycles. The molecule has 4 heteroatoms. The van der Waals surface area contributed by atoms with E-state index in [2.05, 4.69) is 18.3 Å². The fraction of sp³-hybridized carbons (Fsp3) is 0.467. The minimum atomic E-state index is -0.0382. The maximum Gasteiger partial charge on any atom is 0.317 e. The third-order valence-corrected chi connectivity index (χ3v) is 3.76. The number of nitrogens with one attached hydrogen (secondary N) is 1. The van der Waals surface area contributed by atoms with Gasteiger partial charge < -0.3 is 10.2 Å². The largest absolute Gasteiger partial charge is 0.334 e. The molecule has 1 aliphatic rings. The van der Waals surface area contributed by atoms with Gasteiger partial charge in [-0.1, -0.05) is 12.1 Å². The number of amides is 2. The average Bonchev–Trinajstić information content (AvgIpc) is 3.28. The minimum absolute atomic E-state index is 0.0382. The van der Waals surface area contributed by atoms with E-state index in [0.717, 1.165) is 5.56 Å². The van der Waals surface area contributed by atoms with Crippen molar-refractivity contribution >= 4 is 6.03 Å². The second-order valence-corrected chi connectivity index (χ2v) is 5.16. The standard InChI is InChI=1S/C15H19N3O/c1-11(14-7-8-14)18(2)15(19)17-10-13-5-3-12(9-16)4-6-13/h3-6,11,14H,7-8,10H2,1-2H3,(H,17,19). The van der Waals surface area contributed by atoms with Gasteiger partial charge in [0.1, 0.15) is 0 Å². The van der Waals surface area contributed by atoms with Crippen LogP contribution in [-0.4, -0.2) is 24.0 Å². The molecule has 0 radical (unpaired) electrons. The quantitative estimate of drug-likeness (QED) is 0.901. The first-order valence-corrected chi connectivity index (χ1v) is 6.61. The van der Waals surface area contributed by atoms with Gasteiger partial charge in [0.2, 0.25) is 0 Å². The van der Waals surface area contributed by atoms with E-state index in [-0.39, 0.29) is 6.03 Å². The summed E-state index contributed by atoms with van der Waals surface area (Å²) >= 11 is 0. The van der Waals surface area contributed by atoms with Crippen molar-refractivity contribution in [3.05, 3.63) is 35.4 Å². The van der Waals surface area contributed by atoms with Gasteiger partial charge in [-0.25, -0.2) is 4.79 Å². The second kappa shape index (κ2) is 5.75. The Morgan fingerprint density at radius 3 is 2.63 bits per heavy atom. The summed E-state index contributed by atoms with van der Waals surface area (Å²) in [5, 5.41) is 11.6. The third-order valence-electron chi connectivity index (χ3n) is 3.76. The first-order chi connectivity index (χ1) is 9.11. The highest BCUT2D eigenvalue weighted by Crippen LogP contribution is 2.34. The van der Waals surface area contributed by atoms with Crippen molar-refractivity contribution < 1.29 is 4.79 Å². The fourth-order valence-electron chi connectivity index (χ4n) is 2.08. The van der Waals surface area contributed by atoms with E-state index in [4.69, 9.17) is 5.26 Å². The predicted octanol–water partition coefficient (Wildman–Crippen LogP) is 2.50. The Bertz CT molecular complexity index is 485. The number of nitriles is 1. The fourth-order valence-corrected chi connectivity index (χ4v) is 2.08. The van der Waals surface area contributed by atoms with E-state index in [0.29, 0.717) is 24.1 Å². The summed E-state index contributed by atoms with van der Waals surface area (Å²) in [5.74, 6) is 0.672. The van der Waals surface area contributed by atoms with Crippen molar-refractivity contribution in [2.75, 3.05) is 7.05 Å². The molecule has 4 nitrogen and oxygen atoms in total. The molecule has 1 saturated carbocycles. The molecule has 0 heterocycles. The molecule has 0 aromatic heterocycles. The van der Waals surface area contributed by atoms with Gasteiger partial charge >= 0.3 is 6.03 Å². The number of nitrogens with zero attached hydrogens (tertiary/aromatic N) is 2. The Labute approximate surface area is 114 Å². The van der Waals surface area contributed by atoms with Crippen molar-refractivity contribution in [2.45, 2.75) is 32.4 Å². The number of rotatable bonds is 4. The van der Waals surface area contributed by atoms with Gasteiger partial charge in [0.25, 0.3) is 0 Å². The lowest BCUT2D eigenvalue weighted by molar-refractivity contribution is 0.187. The first kappa shape index (κ1) is 13.4. The number of hydrogen-bond acceptors (Lipinski definition) is 2. The zero-order chi connectivity index (χ0) is 13.8. The molecule has 0 aliphatic heterocycles. The Balaban J connectivity index is 1.83. The smallest absolute Gasteiger partial charge is 0.317 e. The maximum absolute atomic E-state index is 12.0. The average molecular weight is 257 g/mol. The Morgan fingerprint density at radius 1 is 1.47 bits per heavy atom. The van der Waals surface area contributed by atoms with E-state index in [1.807, 2.05) is 19.2 Å². The van der Waals surface area contributed by atoms with Crippen molar-refractivity contribution in [1.29, 1.82) is 5.26 Å². The molecule has 100 valence electrons. The van der Waals surface area contributed by atoms with E-state index in [1.165, 1.54) is 12.8 Å². The highest BCUT2D eigenvalue weighted by Gasteiger charge is 2.32. The van der Waals surface area contributed by atoms with Gasteiger partial charge in [-0.05, 0) is 43.4 Å². The van der Waals surface area contributed by atoms with Crippen LogP contribution in [0.5, 0.6) is 0 Å². The van der Waals surface area contributed by atoms with Gasteiger partial charge in [0, 0.05) is 19.6 Å². The van der Waals surface area contributed by atoms with E-state index in [1.54, 1.807) is 17.0 Å². The monoisotopic (exact) mass is 257 g/mol. The summed E-state index contributed by atoms with van der Waals surface area (Å²) in [7, 11) is 1.84. The van der Waals surface area contributed by atoms with Crippen molar-refractivity contribution in [3.8, 4) is 6.07 Å². The summed E-state index contributed by atoms with van der Waals surface area (Å²) in [4.78, 5) is 13.8.